The molecule has 0 atom stereocenters. The molecule has 0 aliphatic heterocycles. The van der Waals surface area contributed by atoms with Gasteiger partial charge in [-0.2, -0.15) is 0 Å². The van der Waals surface area contributed by atoms with Gasteiger partial charge in [0, 0.05) is 60.9 Å². The van der Waals surface area contributed by atoms with E-state index in [0.717, 1.165) is 53.3 Å². The number of furan rings is 1. The topological polar surface area (TPSA) is 63.3 Å². The molecule has 6 heteroatoms. The Labute approximate surface area is 310 Å². The summed E-state index contributed by atoms with van der Waals surface area (Å²) in [6.45, 7) is 21.8. The predicted octanol–water partition coefficient (Wildman–Crippen LogP) is 11.8. The summed E-state index contributed by atoms with van der Waals surface area (Å²) in [5.74, 6) is 1.13. The van der Waals surface area contributed by atoms with Crippen molar-refractivity contribution in [3.8, 4) is 22.6 Å². The Morgan fingerprint density at radius 2 is 1.57 bits per heavy atom. The fraction of sp³-hybridized carbons (Fsp3) is 0.395. The van der Waals surface area contributed by atoms with Crippen molar-refractivity contribution in [1.29, 1.82) is 0 Å². The van der Waals surface area contributed by atoms with Crippen LogP contribution in [-0.4, -0.2) is 23.9 Å². The van der Waals surface area contributed by atoms with E-state index in [1.165, 1.54) is 22.2 Å². The number of ketones is 1. The number of pyridine rings is 1. The van der Waals surface area contributed by atoms with E-state index in [1.807, 2.05) is 39.8 Å². The molecule has 3 aromatic carbocycles. The number of allylic oxidation sites excluding steroid dienone is 2. The maximum absolute atomic E-state index is 11.7. The van der Waals surface area contributed by atoms with Crippen molar-refractivity contribution < 1.29 is 35.8 Å². The van der Waals surface area contributed by atoms with E-state index < -0.39 is 8.07 Å². The van der Waals surface area contributed by atoms with E-state index in [4.69, 9.17) is 10.8 Å². The Morgan fingerprint density at radius 1 is 0.959 bits per heavy atom. The fourth-order valence-electron chi connectivity index (χ4n) is 6.10. The van der Waals surface area contributed by atoms with Gasteiger partial charge in [-0.25, -0.2) is 0 Å². The maximum Gasteiger partial charge on any atom is 0.162 e. The van der Waals surface area contributed by atoms with Crippen LogP contribution in [-0.2, 0) is 30.3 Å². The molecule has 0 unspecified atom stereocenters. The van der Waals surface area contributed by atoms with Gasteiger partial charge in [-0.05, 0) is 43.2 Å². The molecule has 0 aliphatic carbocycles. The molecule has 1 radical (unpaired) electrons. The normalized spacial score (nSPS) is 12.6. The Morgan fingerprint density at radius 3 is 2.14 bits per heavy atom. The molecule has 2 heterocycles. The van der Waals surface area contributed by atoms with Crippen molar-refractivity contribution in [3.63, 3.8) is 0 Å². The minimum absolute atomic E-state index is 0. The van der Waals surface area contributed by atoms with Crippen LogP contribution in [0.4, 0.5) is 0 Å². The van der Waals surface area contributed by atoms with Gasteiger partial charge in [-0.3, -0.25) is 9.78 Å². The summed E-state index contributed by atoms with van der Waals surface area (Å²) >= 11 is 0. The van der Waals surface area contributed by atoms with Crippen LogP contribution in [0.15, 0.2) is 89.2 Å². The zero-order valence-electron chi connectivity index (χ0n) is 32.0. The summed E-state index contributed by atoms with van der Waals surface area (Å²) in [6, 6.07) is 24.9. The summed E-state index contributed by atoms with van der Waals surface area (Å²) in [7, 11) is -1.39. The van der Waals surface area contributed by atoms with Gasteiger partial charge in [0.05, 0.1) is 15.2 Å². The predicted molar refractivity (Wildman–Crippen MR) is 207 cm³/mol. The fourth-order valence-corrected chi connectivity index (χ4v) is 7.27. The molecule has 1 N–H and O–H groups in total. The Balaban J connectivity index is 0.000000361. The van der Waals surface area contributed by atoms with Crippen molar-refractivity contribution in [2.75, 3.05) is 0 Å². The van der Waals surface area contributed by atoms with Crippen molar-refractivity contribution in [1.82, 2.24) is 4.98 Å². The molecule has 0 fully saturated rings. The first-order valence-corrected chi connectivity index (χ1v) is 21.0. The van der Waals surface area contributed by atoms with Gasteiger partial charge in [-0.1, -0.05) is 127 Å². The largest absolute Gasteiger partial charge is 0.512 e. The molecule has 49 heavy (non-hydrogen) atoms. The number of aliphatic hydroxyl groups excluding tert-OH is 1. The van der Waals surface area contributed by atoms with Crippen molar-refractivity contribution in [2.24, 2.45) is 11.8 Å². The molecule has 0 aliphatic rings. The zero-order valence-corrected chi connectivity index (χ0v) is 34.4. The van der Waals surface area contributed by atoms with Crippen LogP contribution in [0.3, 0.4) is 0 Å². The van der Waals surface area contributed by atoms with Crippen LogP contribution in [0.1, 0.15) is 81.1 Å². The first kappa shape index (κ1) is 38.5. The number of nitrogens with zero attached hydrogens (tertiary/aromatic N) is 1. The zero-order chi connectivity index (χ0) is 36.1. The van der Waals surface area contributed by atoms with Crippen molar-refractivity contribution in [3.05, 3.63) is 96.4 Å². The molecule has 0 saturated heterocycles. The molecule has 5 rings (SSSR count). The van der Waals surface area contributed by atoms with Gasteiger partial charge in [0.1, 0.15) is 11.3 Å². The molecule has 263 valence electrons. The molecule has 0 saturated carbocycles. The first-order chi connectivity index (χ1) is 23.1. The quantitative estimate of drug-likeness (QED) is 0.0658. The van der Waals surface area contributed by atoms with Crippen molar-refractivity contribution in [2.45, 2.75) is 99.2 Å². The SMILES string of the molecule is CCC(CC)C(=O)/C=C(\O)C(CC)CC.[2H]c1c(-c2ccc([Si](C)(C)C)cc2)oc2c(-c3[c-]c4ccccc4c(C(C)(C)C)c3)nccc12.[Ir]. The number of aromatic nitrogens is 1. The molecular weight excluding hydrogens is 799 g/mol. The number of carbonyl (C=O) groups excluding carboxylic acids is 1. The van der Waals surface area contributed by atoms with E-state index >= 15 is 0 Å². The third-order valence-electron chi connectivity index (χ3n) is 9.29. The van der Waals surface area contributed by atoms with E-state index in [1.54, 1.807) is 6.20 Å². The average molecular weight is 854 g/mol. The molecule has 4 nitrogen and oxygen atoms in total. The summed E-state index contributed by atoms with van der Waals surface area (Å²) in [5.41, 5.74) is 4.39. The number of rotatable bonds is 10. The molecule has 0 amide bonds. The Kier molecular flexibility index (Phi) is 13.4. The van der Waals surface area contributed by atoms with Crippen LogP contribution in [0.2, 0.25) is 19.6 Å². The van der Waals surface area contributed by atoms with E-state index in [0.29, 0.717) is 17.4 Å². The Bertz CT molecular complexity index is 1920. The van der Waals surface area contributed by atoms with Gasteiger partial charge in [0.15, 0.2) is 5.78 Å². The number of benzene rings is 3. The van der Waals surface area contributed by atoms with Gasteiger partial charge in [-0.15, -0.1) is 29.1 Å². The second-order valence-electron chi connectivity index (χ2n) is 14.8. The van der Waals surface area contributed by atoms with Crippen LogP contribution in [0.5, 0.6) is 0 Å². The number of hydrogen-bond donors (Lipinski definition) is 1. The minimum atomic E-state index is -1.39. The third-order valence-corrected chi connectivity index (χ3v) is 11.4. The first-order valence-electron chi connectivity index (χ1n) is 18.0. The van der Waals surface area contributed by atoms with Gasteiger partial charge in [0.25, 0.3) is 0 Å². The monoisotopic (exact) mass is 854 g/mol. The second-order valence-corrected chi connectivity index (χ2v) is 19.9. The minimum Gasteiger partial charge on any atom is -0.512 e. The van der Waals surface area contributed by atoms with Crippen LogP contribution < -0.4 is 5.19 Å². The molecule has 0 spiro atoms. The maximum atomic E-state index is 11.7. The average Bonchev–Trinajstić information content (AvgIpc) is 3.41. The number of aliphatic hydroxyl groups is 1. The number of carbonyl (C=O) groups is 1. The standard InChI is InChI=1S/C30H30NOSi.C13H24O2.Ir/c1-30(2,3)26-18-23(17-21-9-7-8-10-25(21)26)28-29-22(15-16-31-28)19-27(32-29)20-11-13-24(14-12-20)33(4,5)6;1-5-10(6-2)12(14)9-13(15)11(7-3)8-4;/h7-16,18-19H,1-6H3;9-11,14H,5-8H2,1-4H3;/q-1;;/b;12-9-;/i19D;;. The summed E-state index contributed by atoms with van der Waals surface area (Å²) in [6.07, 6.45) is 6.67. The third kappa shape index (κ3) is 9.69. The van der Waals surface area contributed by atoms with E-state index in [2.05, 4.69) is 95.0 Å². The van der Waals surface area contributed by atoms with Crippen molar-refractivity contribution >= 4 is 40.8 Å². The molecule has 2 aromatic heterocycles. The smallest absolute Gasteiger partial charge is 0.162 e. The summed E-state index contributed by atoms with van der Waals surface area (Å²) < 4.78 is 15.2. The Hall–Kier alpha value is -3.31. The number of hydrogen-bond acceptors (Lipinski definition) is 4. The van der Waals surface area contributed by atoms with E-state index in [9.17, 15) is 9.90 Å². The molecule has 0 bridgehead atoms. The molecular formula is C43H54IrNO3Si-. The number of fused-ring (bicyclic) bond motifs is 2. The van der Waals surface area contributed by atoms with Crippen LogP contribution in [0.25, 0.3) is 44.3 Å². The summed E-state index contributed by atoms with van der Waals surface area (Å²) in [4.78, 5) is 16.4. The van der Waals surface area contributed by atoms with Crippen LogP contribution >= 0.6 is 0 Å². The van der Waals surface area contributed by atoms with Crippen LogP contribution in [0, 0.1) is 17.9 Å². The van der Waals surface area contributed by atoms with Gasteiger partial charge >= 0.3 is 0 Å². The second kappa shape index (κ2) is 17.1. The van der Waals surface area contributed by atoms with E-state index in [-0.39, 0.29) is 48.9 Å². The van der Waals surface area contributed by atoms with Gasteiger partial charge in [0.2, 0.25) is 0 Å². The van der Waals surface area contributed by atoms with Gasteiger partial charge < -0.3 is 9.52 Å². The summed E-state index contributed by atoms with van der Waals surface area (Å²) in [5, 5.41) is 14.2. The molecule has 5 aromatic rings.